The summed E-state index contributed by atoms with van der Waals surface area (Å²) in [6, 6.07) is 9.08. The van der Waals surface area contributed by atoms with E-state index in [0.717, 1.165) is 11.1 Å². The first-order chi connectivity index (χ1) is 10.9. The molecule has 0 bridgehead atoms. The fourth-order valence-corrected chi connectivity index (χ4v) is 2.81. The van der Waals surface area contributed by atoms with Gasteiger partial charge in [-0.25, -0.2) is 5.10 Å². The van der Waals surface area contributed by atoms with Gasteiger partial charge in [0.1, 0.15) is 0 Å². The highest BCUT2D eigenvalue weighted by atomic mass is 31.2. The van der Waals surface area contributed by atoms with Crippen molar-refractivity contribution in [2.45, 2.75) is 6.42 Å². The van der Waals surface area contributed by atoms with Crippen molar-refractivity contribution in [1.29, 1.82) is 0 Å². The fraction of sp³-hybridized carbons (Fsp3) is 0.133. The van der Waals surface area contributed by atoms with Gasteiger partial charge < -0.3 is 9.79 Å². The Balaban J connectivity index is 1.87. The molecule has 7 nitrogen and oxygen atoms in total. The van der Waals surface area contributed by atoms with Crippen molar-refractivity contribution >= 4 is 18.4 Å². The number of pyridine rings is 1. The Morgan fingerprint density at radius 2 is 1.87 bits per heavy atom. The third-order valence-electron chi connectivity index (χ3n) is 3.49. The summed E-state index contributed by atoms with van der Waals surface area (Å²) in [5, 5.41) is 7.30. The van der Waals surface area contributed by atoms with Crippen molar-refractivity contribution in [3.05, 3.63) is 58.6 Å². The van der Waals surface area contributed by atoms with E-state index in [9.17, 15) is 9.36 Å². The van der Waals surface area contributed by atoms with Crippen molar-refractivity contribution in [2.75, 3.05) is 6.16 Å². The second-order valence-electron chi connectivity index (χ2n) is 5.19. The summed E-state index contributed by atoms with van der Waals surface area (Å²) >= 11 is 0. The molecule has 0 aliphatic rings. The second kappa shape index (κ2) is 6.04. The molecule has 0 amide bonds. The minimum Gasteiger partial charge on any atom is -0.324 e. The Labute approximate surface area is 131 Å². The number of benzene rings is 1. The molecule has 0 fully saturated rings. The number of aryl methyl sites for hydroxylation is 1. The number of hydrogen-bond donors (Lipinski definition) is 3. The Bertz CT molecular complexity index is 947. The van der Waals surface area contributed by atoms with E-state index < -0.39 is 7.60 Å². The minimum absolute atomic E-state index is 0.172. The molecule has 2 aromatic heterocycles. The highest BCUT2D eigenvalue weighted by Crippen LogP contribution is 2.35. The van der Waals surface area contributed by atoms with Gasteiger partial charge in [-0.1, -0.05) is 24.3 Å². The van der Waals surface area contributed by atoms with Crippen LogP contribution < -0.4 is 5.56 Å². The van der Waals surface area contributed by atoms with Gasteiger partial charge in [0.05, 0.1) is 23.4 Å². The molecule has 3 aromatic rings. The van der Waals surface area contributed by atoms with Crippen LogP contribution in [0.25, 0.3) is 22.0 Å². The van der Waals surface area contributed by atoms with Crippen LogP contribution in [0.15, 0.2) is 47.5 Å². The van der Waals surface area contributed by atoms with Crippen LogP contribution in [0.1, 0.15) is 5.56 Å². The van der Waals surface area contributed by atoms with Crippen LogP contribution in [-0.2, 0) is 11.0 Å². The lowest BCUT2D eigenvalue weighted by molar-refractivity contribution is 0.373. The highest BCUT2D eigenvalue weighted by Gasteiger charge is 2.12. The number of aromatic nitrogens is 3. The van der Waals surface area contributed by atoms with Gasteiger partial charge in [-0.2, -0.15) is 5.10 Å². The van der Waals surface area contributed by atoms with Gasteiger partial charge in [-0.15, -0.1) is 0 Å². The second-order valence-corrected chi connectivity index (χ2v) is 6.97. The van der Waals surface area contributed by atoms with Gasteiger partial charge in [-0.05, 0) is 18.1 Å². The van der Waals surface area contributed by atoms with Gasteiger partial charge in [-0.3, -0.25) is 14.3 Å². The monoisotopic (exact) mass is 331 g/mol. The van der Waals surface area contributed by atoms with E-state index in [1.54, 1.807) is 12.3 Å². The number of aromatic amines is 1. The summed E-state index contributed by atoms with van der Waals surface area (Å²) in [7, 11) is -3.99. The zero-order valence-electron chi connectivity index (χ0n) is 12.0. The Hall–Kier alpha value is -2.34. The van der Waals surface area contributed by atoms with Crippen LogP contribution in [0.4, 0.5) is 0 Å². The van der Waals surface area contributed by atoms with Crippen molar-refractivity contribution in [2.24, 2.45) is 0 Å². The van der Waals surface area contributed by atoms with E-state index >= 15 is 0 Å². The van der Waals surface area contributed by atoms with E-state index in [0.29, 0.717) is 22.9 Å². The van der Waals surface area contributed by atoms with Crippen LogP contribution in [0.5, 0.6) is 0 Å². The number of rotatable bonds is 4. The Morgan fingerprint density at radius 1 is 1.13 bits per heavy atom. The molecular formula is C15H14N3O4P. The lowest BCUT2D eigenvalue weighted by atomic mass is 10.1. The van der Waals surface area contributed by atoms with Gasteiger partial charge in [0.15, 0.2) is 0 Å². The van der Waals surface area contributed by atoms with Crippen LogP contribution in [-0.4, -0.2) is 31.1 Å². The maximum Gasteiger partial charge on any atom is 0.325 e. The molecule has 3 N–H and O–H groups in total. The fourth-order valence-electron chi connectivity index (χ4n) is 2.26. The zero-order chi connectivity index (χ0) is 16.4. The lowest BCUT2D eigenvalue weighted by Gasteiger charge is -2.06. The van der Waals surface area contributed by atoms with Gasteiger partial charge >= 0.3 is 7.60 Å². The smallest absolute Gasteiger partial charge is 0.324 e. The van der Waals surface area contributed by atoms with Gasteiger partial charge in [0.25, 0.3) is 5.56 Å². The molecule has 0 aliphatic carbocycles. The molecule has 2 heterocycles. The summed E-state index contributed by atoms with van der Waals surface area (Å²) in [6.07, 6.45) is 3.22. The van der Waals surface area contributed by atoms with Crippen molar-refractivity contribution in [1.82, 2.24) is 15.2 Å². The molecule has 1 aromatic carbocycles. The summed E-state index contributed by atoms with van der Waals surface area (Å²) < 4.78 is 10.9. The number of H-pyrrole nitrogens is 1. The molecule has 0 saturated heterocycles. The Morgan fingerprint density at radius 3 is 2.57 bits per heavy atom. The molecule has 118 valence electrons. The predicted molar refractivity (Wildman–Crippen MR) is 86.2 cm³/mol. The SMILES string of the molecule is O=c1[nH]ncc2cc(-c3ccc(CCP(=O)(O)O)cc3)ncc12. The Kier molecular flexibility index (Phi) is 4.09. The molecule has 0 unspecified atom stereocenters. The largest absolute Gasteiger partial charge is 0.325 e. The molecule has 0 saturated carbocycles. The average molecular weight is 331 g/mol. The number of fused-ring (bicyclic) bond motifs is 1. The third kappa shape index (κ3) is 3.71. The summed E-state index contributed by atoms with van der Waals surface area (Å²) in [6.45, 7) is 0. The zero-order valence-corrected chi connectivity index (χ0v) is 12.9. The number of hydrogen-bond acceptors (Lipinski definition) is 4. The molecule has 8 heteroatoms. The van der Waals surface area contributed by atoms with E-state index in [2.05, 4.69) is 15.2 Å². The standard InChI is InChI=1S/C15H14N3O4P/c19-15-13-9-16-14(7-12(13)8-17-18-15)11-3-1-10(2-4-11)5-6-23(20,21)22/h1-4,7-9H,5-6H2,(H,18,19)(H2,20,21,22). The minimum atomic E-state index is -3.99. The first-order valence-corrected chi connectivity index (χ1v) is 8.69. The first kappa shape index (κ1) is 15.6. The highest BCUT2D eigenvalue weighted by molar-refractivity contribution is 7.51. The van der Waals surface area contributed by atoms with Crippen molar-refractivity contribution < 1.29 is 14.4 Å². The van der Waals surface area contributed by atoms with E-state index in [-0.39, 0.29) is 11.7 Å². The maximum atomic E-state index is 11.6. The van der Waals surface area contributed by atoms with Crippen molar-refractivity contribution in [3.63, 3.8) is 0 Å². The quantitative estimate of drug-likeness (QED) is 0.627. The normalized spacial score (nSPS) is 11.7. The maximum absolute atomic E-state index is 11.6. The van der Waals surface area contributed by atoms with Crippen LogP contribution >= 0.6 is 7.60 Å². The van der Waals surface area contributed by atoms with Crippen LogP contribution in [0.2, 0.25) is 0 Å². The van der Waals surface area contributed by atoms with E-state index in [4.69, 9.17) is 9.79 Å². The molecule has 0 spiro atoms. The topological polar surface area (TPSA) is 116 Å². The molecule has 0 atom stereocenters. The molecule has 0 radical (unpaired) electrons. The van der Waals surface area contributed by atoms with Crippen LogP contribution in [0, 0.1) is 0 Å². The van der Waals surface area contributed by atoms with E-state index in [1.165, 1.54) is 6.20 Å². The molecule has 0 aliphatic heterocycles. The first-order valence-electron chi connectivity index (χ1n) is 6.90. The lowest BCUT2D eigenvalue weighted by Crippen LogP contribution is -2.07. The predicted octanol–water partition coefficient (Wildman–Crippen LogP) is 1.71. The third-order valence-corrected chi connectivity index (χ3v) is 4.30. The van der Waals surface area contributed by atoms with Crippen LogP contribution in [0.3, 0.4) is 0 Å². The molecule has 3 rings (SSSR count). The van der Waals surface area contributed by atoms with Gasteiger partial charge in [0.2, 0.25) is 0 Å². The average Bonchev–Trinajstić information content (AvgIpc) is 2.53. The number of nitrogens with one attached hydrogen (secondary N) is 1. The molecular weight excluding hydrogens is 317 g/mol. The number of nitrogens with zero attached hydrogens (tertiary/aromatic N) is 2. The summed E-state index contributed by atoms with van der Waals surface area (Å²) in [5.41, 5.74) is 2.11. The van der Waals surface area contributed by atoms with E-state index in [1.807, 2.05) is 24.3 Å². The summed E-state index contributed by atoms with van der Waals surface area (Å²) in [4.78, 5) is 33.7. The van der Waals surface area contributed by atoms with Crippen molar-refractivity contribution in [3.8, 4) is 11.3 Å². The summed E-state index contributed by atoms with van der Waals surface area (Å²) in [5.74, 6) is 0. The molecule has 23 heavy (non-hydrogen) atoms. The van der Waals surface area contributed by atoms with Gasteiger partial charge in [0, 0.05) is 17.1 Å².